The minimum atomic E-state index is -0.191. The quantitative estimate of drug-likeness (QED) is 0.274. The van der Waals surface area contributed by atoms with Crippen molar-refractivity contribution in [2.45, 2.75) is 26.4 Å². The predicted molar refractivity (Wildman–Crippen MR) is 76.7 cm³/mol. The van der Waals surface area contributed by atoms with Gasteiger partial charge in [-0.25, -0.2) is 0 Å². The topological polar surface area (TPSA) is 86.3 Å². The van der Waals surface area contributed by atoms with Crippen molar-refractivity contribution < 1.29 is 19.4 Å². The molecule has 0 atom stereocenters. The van der Waals surface area contributed by atoms with Crippen molar-refractivity contribution in [3.05, 3.63) is 23.8 Å². The first kappa shape index (κ1) is 16.1. The lowest BCUT2D eigenvalue weighted by atomic mass is 10.2. The lowest BCUT2D eigenvalue weighted by Crippen LogP contribution is -2.22. The van der Waals surface area contributed by atoms with Crippen molar-refractivity contribution in [1.82, 2.24) is 0 Å². The molecule has 112 valence electrons. The van der Waals surface area contributed by atoms with Gasteiger partial charge in [-0.05, 0) is 39.0 Å². The first-order chi connectivity index (χ1) is 9.37. The van der Waals surface area contributed by atoms with Gasteiger partial charge in [0.15, 0.2) is 17.3 Å². The maximum Gasteiger partial charge on any atom is 0.170 e. The highest BCUT2D eigenvalue weighted by atomic mass is 16.5. The number of nitrogens with zero attached hydrogens (tertiary/aromatic N) is 1. The second kappa shape index (κ2) is 7.00. The van der Waals surface area contributed by atoms with Crippen LogP contribution in [0.5, 0.6) is 11.5 Å². The minimum Gasteiger partial charge on any atom is -0.493 e. The summed E-state index contributed by atoms with van der Waals surface area (Å²) in [7, 11) is 1.53. The Hall–Kier alpha value is -1.95. The van der Waals surface area contributed by atoms with Gasteiger partial charge in [-0.2, -0.15) is 0 Å². The van der Waals surface area contributed by atoms with Crippen molar-refractivity contribution in [3.63, 3.8) is 0 Å². The number of benzene rings is 1. The van der Waals surface area contributed by atoms with Crippen molar-refractivity contribution >= 4 is 5.84 Å². The molecule has 3 N–H and O–H groups in total. The summed E-state index contributed by atoms with van der Waals surface area (Å²) in [5.41, 5.74) is 5.89. The number of rotatable bonds is 6. The lowest BCUT2D eigenvalue weighted by molar-refractivity contribution is -0.0165. The third-order valence-corrected chi connectivity index (χ3v) is 2.44. The van der Waals surface area contributed by atoms with Crippen LogP contribution >= 0.6 is 0 Å². The molecule has 0 heterocycles. The summed E-state index contributed by atoms with van der Waals surface area (Å²) in [6.07, 6.45) is 0. The monoisotopic (exact) mass is 282 g/mol. The molecule has 0 aliphatic carbocycles. The molecule has 0 aliphatic heterocycles. The maximum absolute atomic E-state index is 8.65. The van der Waals surface area contributed by atoms with Crippen LogP contribution in [0.25, 0.3) is 0 Å². The number of amidine groups is 1. The molecule has 6 heteroatoms. The highest BCUT2D eigenvalue weighted by molar-refractivity contribution is 5.97. The SMILES string of the molecule is COc1cc(/C(N)=N/O)ccc1OCCOC(C)(C)C. The molecule has 0 aliphatic rings. The van der Waals surface area contributed by atoms with Crippen LogP contribution in [-0.4, -0.2) is 37.0 Å². The average molecular weight is 282 g/mol. The van der Waals surface area contributed by atoms with Crippen LogP contribution in [0.3, 0.4) is 0 Å². The van der Waals surface area contributed by atoms with Crippen LogP contribution in [0.1, 0.15) is 26.3 Å². The molecule has 1 aromatic carbocycles. The van der Waals surface area contributed by atoms with Gasteiger partial charge in [0.05, 0.1) is 19.3 Å². The number of hydrogen-bond donors (Lipinski definition) is 2. The predicted octanol–water partition coefficient (Wildman–Crippen LogP) is 1.98. The summed E-state index contributed by atoms with van der Waals surface area (Å²) in [5.74, 6) is 1.12. The van der Waals surface area contributed by atoms with E-state index in [1.54, 1.807) is 18.2 Å². The van der Waals surface area contributed by atoms with Gasteiger partial charge in [-0.3, -0.25) is 0 Å². The van der Waals surface area contributed by atoms with E-state index in [1.165, 1.54) is 7.11 Å². The van der Waals surface area contributed by atoms with E-state index >= 15 is 0 Å². The average Bonchev–Trinajstić information content (AvgIpc) is 2.41. The zero-order valence-electron chi connectivity index (χ0n) is 12.3. The third-order valence-electron chi connectivity index (χ3n) is 2.44. The molecule has 20 heavy (non-hydrogen) atoms. The van der Waals surface area contributed by atoms with Crippen LogP contribution in [0.15, 0.2) is 23.4 Å². The van der Waals surface area contributed by atoms with Gasteiger partial charge in [0.1, 0.15) is 6.61 Å². The van der Waals surface area contributed by atoms with E-state index in [1.807, 2.05) is 20.8 Å². The van der Waals surface area contributed by atoms with Gasteiger partial charge >= 0.3 is 0 Å². The fraction of sp³-hybridized carbons (Fsp3) is 0.500. The van der Waals surface area contributed by atoms with Crippen molar-refractivity contribution in [2.24, 2.45) is 10.9 Å². The molecule has 0 saturated heterocycles. The normalized spacial score (nSPS) is 12.3. The van der Waals surface area contributed by atoms with Crippen LogP contribution < -0.4 is 15.2 Å². The number of hydrogen-bond acceptors (Lipinski definition) is 5. The van der Waals surface area contributed by atoms with E-state index in [0.29, 0.717) is 30.3 Å². The lowest BCUT2D eigenvalue weighted by Gasteiger charge is -2.20. The first-order valence-corrected chi connectivity index (χ1v) is 6.30. The molecule has 1 aromatic rings. The second-order valence-corrected chi connectivity index (χ2v) is 5.16. The molecule has 0 radical (unpaired) electrons. The van der Waals surface area contributed by atoms with Crippen molar-refractivity contribution in [3.8, 4) is 11.5 Å². The maximum atomic E-state index is 8.65. The van der Waals surface area contributed by atoms with Gasteiger partial charge in [-0.1, -0.05) is 5.16 Å². The summed E-state index contributed by atoms with van der Waals surface area (Å²) < 4.78 is 16.4. The van der Waals surface area contributed by atoms with Gasteiger partial charge in [0.25, 0.3) is 0 Å². The zero-order chi connectivity index (χ0) is 15.2. The largest absolute Gasteiger partial charge is 0.493 e. The summed E-state index contributed by atoms with van der Waals surface area (Å²) >= 11 is 0. The summed E-state index contributed by atoms with van der Waals surface area (Å²) in [4.78, 5) is 0. The highest BCUT2D eigenvalue weighted by Crippen LogP contribution is 2.28. The molecule has 0 fully saturated rings. The van der Waals surface area contributed by atoms with E-state index in [2.05, 4.69) is 5.16 Å². The van der Waals surface area contributed by atoms with Gasteiger partial charge in [0, 0.05) is 5.56 Å². The Kier molecular flexibility index (Phi) is 5.64. The molecule has 0 saturated carbocycles. The molecule has 0 amide bonds. The Bertz CT molecular complexity index is 467. The summed E-state index contributed by atoms with van der Waals surface area (Å²) in [5, 5.41) is 11.6. The summed E-state index contributed by atoms with van der Waals surface area (Å²) in [6.45, 7) is 6.85. The van der Waals surface area contributed by atoms with E-state index < -0.39 is 0 Å². The van der Waals surface area contributed by atoms with E-state index in [4.69, 9.17) is 25.2 Å². The van der Waals surface area contributed by atoms with Crippen molar-refractivity contribution in [1.29, 1.82) is 0 Å². The van der Waals surface area contributed by atoms with E-state index in [9.17, 15) is 0 Å². The number of oxime groups is 1. The standard InChI is InChI=1S/C14H22N2O4/c1-14(2,3)20-8-7-19-11-6-5-10(13(15)16-17)9-12(11)18-4/h5-6,9,17H,7-8H2,1-4H3,(H2,15,16). The summed E-state index contributed by atoms with van der Waals surface area (Å²) in [6, 6.07) is 5.05. The number of ether oxygens (including phenoxy) is 3. The smallest absolute Gasteiger partial charge is 0.170 e. The van der Waals surface area contributed by atoms with Gasteiger partial charge in [0.2, 0.25) is 0 Å². The fourth-order valence-electron chi connectivity index (χ4n) is 1.50. The molecule has 0 spiro atoms. The Morgan fingerprint density at radius 3 is 2.50 bits per heavy atom. The number of nitrogens with two attached hydrogens (primary N) is 1. The van der Waals surface area contributed by atoms with E-state index in [-0.39, 0.29) is 11.4 Å². The molecule has 0 bridgehead atoms. The Morgan fingerprint density at radius 2 is 1.95 bits per heavy atom. The Balaban J connectivity index is 2.67. The molecule has 0 unspecified atom stereocenters. The first-order valence-electron chi connectivity index (χ1n) is 6.30. The minimum absolute atomic E-state index is 0.0194. The van der Waals surface area contributed by atoms with Gasteiger partial charge in [-0.15, -0.1) is 0 Å². The number of methoxy groups -OCH3 is 1. The van der Waals surface area contributed by atoms with Crippen molar-refractivity contribution in [2.75, 3.05) is 20.3 Å². The van der Waals surface area contributed by atoms with E-state index in [0.717, 1.165) is 0 Å². The fourth-order valence-corrected chi connectivity index (χ4v) is 1.50. The van der Waals surface area contributed by atoms with Crippen LogP contribution in [-0.2, 0) is 4.74 Å². The van der Waals surface area contributed by atoms with Crippen LogP contribution in [0, 0.1) is 0 Å². The second-order valence-electron chi connectivity index (χ2n) is 5.16. The Morgan fingerprint density at radius 1 is 1.25 bits per heavy atom. The molecular formula is C14H22N2O4. The molecular weight excluding hydrogens is 260 g/mol. The molecule has 6 nitrogen and oxygen atoms in total. The van der Waals surface area contributed by atoms with Crippen LogP contribution in [0.4, 0.5) is 0 Å². The zero-order valence-corrected chi connectivity index (χ0v) is 12.3. The third kappa shape index (κ3) is 4.97. The molecule has 0 aromatic heterocycles. The van der Waals surface area contributed by atoms with Gasteiger partial charge < -0.3 is 25.2 Å². The molecule has 1 rings (SSSR count). The van der Waals surface area contributed by atoms with Crippen LogP contribution in [0.2, 0.25) is 0 Å². The highest BCUT2D eigenvalue weighted by Gasteiger charge is 2.11. The Labute approximate surface area is 119 Å².